The van der Waals surface area contributed by atoms with Gasteiger partial charge in [0.1, 0.15) is 0 Å². The Morgan fingerprint density at radius 3 is 2.87 bits per heavy atom. The molecule has 2 aromatic rings. The molecule has 0 aliphatic heterocycles. The molecule has 30 heavy (non-hydrogen) atoms. The minimum atomic E-state index is -1.10. The summed E-state index contributed by atoms with van der Waals surface area (Å²) < 4.78 is 11.3. The van der Waals surface area contributed by atoms with Crippen LogP contribution in [0.2, 0.25) is 0 Å². The molecule has 2 aliphatic carbocycles. The lowest BCUT2D eigenvalue weighted by Crippen LogP contribution is -2.22. The maximum atomic E-state index is 11.1. The van der Waals surface area contributed by atoms with Crippen LogP contribution >= 0.6 is 0 Å². The topological polar surface area (TPSA) is 75.5 Å². The number of hydrogen-bond acceptors (Lipinski definition) is 3. The zero-order chi connectivity index (χ0) is 20.9. The van der Waals surface area contributed by atoms with Crippen molar-refractivity contribution in [3.05, 3.63) is 51.9 Å². The number of aromatic nitrogens is 1. The van der Waals surface area contributed by atoms with Gasteiger partial charge in [0, 0.05) is 17.3 Å². The molecule has 2 aliphatic rings. The Balaban J connectivity index is 1.58. The van der Waals surface area contributed by atoms with Crippen LogP contribution in [0.3, 0.4) is 0 Å². The van der Waals surface area contributed by atoms with E-state index in [4.69, 9.17) is 14.3 Å². The molecule has 1 unspecified atom stereocenters. The molecule has 5 nitrogen and oxygen atoms in total. The predicted octanol–water partition coefficient (Wildman–Crippen LogP) is 5.01. The lowest BCUT2D eigenvalue weighted by atomic mass is 9.86. The van der Waals surface area contributed by atoms with Crippen molar-refractivity contribution in [3.8, 4) is 5.95 Å². The average Bonchev–Trinajstić information content (AvgIpc) is 3.37. The average molecular weight is 410 g/mol. The van der Waals surface area contributed by atoms with E-state index in [1.165, 1.54) is 67.5 Å². The fraction of sp³-hybridized carbons (Fsp3) is 0.480. The number of H-pyrrole nitrogens is 1. The summed E-state index contributed by atoms with van der Waals surface area (Å²) in [7, 11) is 0. The van der Waals surface area contributed by atoms with Gasteiger partial charge in [-0.1, -0.05) is 57.6 Å². The van der Waals surface area contributed by atoms with Gasteiger partial charge in [0.05, 0.1) is 5.35 Å². The lowest BCUT2D eigenvalue weighted by molar-refractivity contribution is 0.0657. The Bertz CT molecular complexity index is 1040. The summed E-state index contributed by atoms with van der Waals surface area (Å²) in [6, 6.07) is 2.97. The number of fused-ring (bicyclic) bond motifs is 3. The smallest absolute Gasteiger partial charge is 0.371 e. The molecule has 0 saturated heterocycles. The number of aromatic carboxylic acids is 1. The van der Waals surface area contributed by atoms with Crippen molar-refractivity contribution in [3.63, 3.8) is 0 Å². The molecule has 4 rings (SSSR count). The van der Waals surface area contributed by atoms with Crippen LogP contribution in [0.25, 0.3) is 11.8 Å². The molecule has 0 radical (unpaired) electrons. The van der Waals surface area contributed by atoms with Gasteiger partial charge in [0.2, 0.25) is 5.76 Å². The number of furan rings is 1. The molecule has 0 aromatic carbocycles. The largest absolute Gasteiger partial charge is 0.475 e. The highest BCUT2D eigenvalue weighted by Gasteiger charge is 2.24. The Hall–Kier alpha value is -2.69. The first-order chi connectivity index (χ1) is 14.7. The number of carboxylic acid groups (broad SMARTS) is 1. The van der Waals surface area contributed by atoms with Gasteiger partial charge in [-0.3, -0.25) is 0 Å². The third-order valence-corrected chi connectivity index (χ3v) is 6.13. The second-order valence-electron chi connectivity index (χ2n) is 8.31. The molecule has 0 fully saturated rings. The molecule has 2 N–H and O–H groups in total. The van der Waals surface area contributed by atoms with Crippen molar-refractivity contribution >= 4 is 17.8 Å². The fourth-order valence-corrected chi connectivity index (χ4v) is 4.60. The van der Waals surface area contributed by atoms with E-state index in [9.17, 15) is 4.79 Å². The highest BCUT2D eigenvalue weighted by atomic mass is 16.6. The van der Waals surface area contributed by atoms with Gasteiger partial charge < -0.3 is 19.2 Å². The molecular formula is C25H31NO4. The van der Waals surface area contributed by atoms with Gasteiger partial charge in [-0.15, -0.1) is 0 Å². The summed E-state index contributed by atoms with van der Waals surface area (Å²) >= 11 is 0. The molecule has 0 saturated carbocycles. The Morgan fingerprint density at radius 1 is 1.23 bits per heavy atom. The minimum Gasteiger partial charge on any atom is -0.475 e. The fourth-order valence-electron chi connectivity index (χ4n) is 4.60. The van der Waals surface area contributed by atoms with E-state index in [-0.39, 0.29) is 11.7 Å². The SMILES string of the molecule is CCCCCCCCC1C=CC(Oc2ccc(C(=O)O)o2)=c2[nH]c3c(c21)CCCC=3. The van der Waals surface area contributed by atoms with Crippen molar-refractivity contribution in [2.24, 2.45) is 0 Å². The monoisotopic (exact) mass is 409 g/mol. The van der Waals surface area contributed by atoms with E-state index < -0.39 is 5.97 Å². The van der Waals surface area contributed by atoms with Crippen molar-refractivity contribution in [1.29, 1.82) is 0 Å². The highest BCUT2D eigenvalue weighted by molar-refractivity contribution is 5.84. The summed E-state index contributed by atoms with van der Waals surface area (Å²) in [5, 5.41) is 11.3. The number of carboxylic acids is 1. The number of allylic oxidation sites excluding steroid dienone is 1. The number of unbranched alkanes of at least 4 members (excludes halogenated alkanes) is 5. The van der Waals surface area contributed by atoms with Crippen molar-refractivity contribution < 1.29 is 19.1 Å². The second kappa shape index (κ2) is 9.41. The summed E-state index contributed by atoms with van der Waals surface area (Å²) in [5.74, 6) is 0.0720. The van der Waals surface area contributed by atoms with Crippen LogP contribution in [0.5, 0.6) is 5.95 Å². The zero-order valence-electron chi connectivity index (χ0n) is 17.7. The first kappa shape index (κ1) is 20.6. The van der Waals surface area contributed by atoms with Gasteiger partial charge in [-0.05, 0) is 49.0 Å². The van der Waals surface area contributed by atoms with Crippen molar-refractivity contribution in [1.82, 2.24) is 4.98 Å². The van der Waals surface area contributed by atoms with Crippen LogP contribution in [-0.2, 0) is 6.42 Å². The van der Waals surface area contributed by atoms with E-state index >= 15 is 0 Å². The predicted molar refractivity (Wildman–Crippen MR) is 117 cm³/mol. The Labute approximate surface area is 177 Å². The van der Waals surface area contributed by atoms with Crippen molar-refractivity contribution in [2.75, 3.05) is 0 Å². The van der Waals surface area contributed by atoms with Crippen LogP contribution < -0.4 is 15.4 Å². The number of nitrogens with one attached hydrogen (secondary N) is 1. The normalized spacial score (nSPS) is 17.4. The molecular weight excluding hydrogens is 378 g/mol. The number of carbonyl (C=O) groups is 1. The van der Waals surface area contributed by atoms with E-state index in [0.29, 0.717) is 11.7 Å². The van der Waals surface area contributed by atoms with Crippen LogP contribution in [-0.4, -0.2) is 16.1 Å². The van der Waals surface area contributed by atoms with Gasteiger partial charge >= 0.3 is 5.97 Å². The van der Waals surface area contributed by atoms with Gasteiger partial charge in [0.15, 0.2) is 5.76 Å². The number of aromatic amines is 1. The van der Waals surface area contributed by atoms with Gasteiger partial charge in [-0.2, -0.15) is 0 Å². The Kier molecular flexibility index (Phi) is 6.46. The summed E-state index contributed by atoms with van der Waals surface area (Å²) in [6.07, 6.45) is 18.9. The molecule has 2 heterocycles. The molecule has 2 aromatic heterocycles. The van der Waals surface area contributed by atoms with Crippen molar-refractivity contribution in [2.45, 2.75) is 77.0 Å². The number of rotatable bonds is 10. The van der Waals surface area contributed by atoms with E-state index in [2.05, 4.69) is 24.1 Å². The second-order valence-corrected chi connectivity index (χ2v) is 8.31. The van der Waals surface area contributed by atoms with E-state index in [0.717, 1.165) is 24.6 Å². The van der Waals surface area contributed by atoms with Gasteiger partial charge in [0.25, 0.3) is 5.95 Å². The standard InChI is InChI=1S/C25H31NO4/c1-2-3-4-5-6-7-10-17-13-14-20(29-22-16-15-21(30-22)25(27)28)24-23(17)18-11-8-9-12-19(18)26-24/h12-17,26H,2-11H2,1H3,(H,27,28). The van der Waals surface area contributed by atoms with E-state index in [1.807, 2.05) is 6.08 Å². The van der Waals surface area contributed by atoms with Crippen LogP contribution in [0.15, 0.2) is 28.7 Å². The zero-order valence-corrected chi connectivity index (χ0v) is 17.7. The summed E-state index contributed by atoms with van der Waals surface area (Å²) in [4.78, 5) is 14.7. The summed E-state index contributed by atoms with van der Waals surface area (Å²) in [6.45, 7) is 2.25. The number of hydrogen-bond donors (Lipinski definition) is 2. The third kappa shape index (κ3) is 4.40. The maximum Gasteiger partial charge on any atom is 0.371 e. The molecule has 0 spiro atoms. The minimum absolute atomic E-state index is 0.120. The molecule has 0 bridgehead atoms. The van der Waals surface area contributed by atoms with Crippen LogP contribution in [0.1, 0.15) is 92.3 Å². The molecule has 0 amide bonds. The van der Waals surface area contributed by atoms with Crippen LogP contribution in [0, 0.1) is 0 Å². The van der Waals surface area contributed by atoms with Gasteiger partial charge in [-0.25, -0.2) is 4.79 Å². The molecule has 5 heteroatoms. The molecule has 1 atom stereocenters. The molecule has 160 valence electrons. The highest BCUT2D eigenvalue weighted by Crippen LogP contribution is 2.30. The van der Waals surface area contributed by atoms with E-state index in [1.54, 1.807) is 6.07 Å². The number of ether oxygens (including phenoxy) is 1. The quantitative estimate of drug-likeness (QED) is 0.541. The summed E-state index contributed by atoms with van der Waals surface area (Å²) in [5.41, 5.74) is 2.78. The first-order valence-electron chi connectivity index (χ1n) is 11.3. The Morgan fingerprint density at radius 2 is 2.07 bits per heavy atom. The maximum absolute atomic E-state index is 11.1. The lowest BCUT2D eigenvalue weighted by Gasteiger charge is -2.19. The van der Waals surface area contributed by atoms with Crippen LogP contribution in [0.4, 0.5) is 0 Å². The third-order valence-electron chi connectivity index (χ3n) is 6.13. The first-order valence-corrected chi connectivity index (χ1v) is 11.3.